The highest BCUT2D eigenvalue weighted by Crippen LogP contribution is 2.36. The number of hydrogen-bond donors (Lipinski definition) is 3. The molecule has 0 aliphatic rings. The van der Waals surface area contributed by atoms with Crippen LogP contribution in [0.25, 0.3) is 0 Å². The summed E-state index contributed by atoms with van der Waals surface area (Å²) in [6, 6.07) is 2.02. The largest absolute Gasteiger partial charge is 0.507 e. The maximum Gasteiger partial charge on any atom is 0.305 e. The maximum atomic E-state index is 10.6. The Kier molecular flexibility index (Phi) is 4.17. The molecule has 1 unspecified atom stereocenters. The highest BCUT2D eigenvalue weighted by atomic mass is 16.5. The van der Waals surface area contributed by atoms with Gasteiger partial charge in [-0.3, -0.25) is 4.79 Å². The van der Waals surface area contributed by atoms with Gasteiger partial charge >= 0.3 is 5.97 Å². The molecule has 6 heteroatoms. The Morgan fingerprint density at radius 3 is 2.35 bits per heavy atom. The van der Waals surface area contributed by atoms with Crippen LogP contribution in [0.4, 0.5) is 0 Å². The molecule has 0 bridgehead atoms. The van der Waals surface area contributed by atoms with Crippen LogP contribution in [0.2, 0.25) is 0 Å². The highest BCUT2D eigenvalue weighted by Gasteiger charge is 2.18. The van der Waals surface area contributed by atoms with Crippen LogP contribution in [-0.4, -0.2) is 30.4 Å². The summed E-state index contributed by atoms with van der Waals surface area (Å²) < 4.78 is 10.0. The Hall–Kier alpha value is -1.95. The molecule has 0 fully saturated rings. The average molecular weight is 241 g/mol. The summed E-state index contributed by atoms with van der Waals surface area (Å²) in [5, 5.41) is 18.4. The van der Waals surface area contributed by atoms with Gasteiger partial charge in [0.25, 0.3) is 0 Å². The van der Waals surface area contributed by atoms with Crippen molar-refractivity contribution in [1.29, 1.82) is 0 Å². The van der Waals surface area contributed by atoms with Crippen molar-refractivity contribution in [2.45, 2.75) is 12.5 Å². The predicted molar refractivity (Wildman–Crippen MR) is 60.4 cm³/mol. The van der Waals surface area contributed by atoms with Gasteiger partial charge in [0.2, 0.25) is 0 Å². The first-order valence-electron chi connectivity index (χ1n) is 4.91. The number of ether oxygens (including phenoxy) is 2. The highest BCUT2D eigenvalue weighted by molar-refractivity contribution is 5.68. The smallest absolute Gasteiger partial charge is 0.305 e. The zero-order valence-electron chi connectivity index (χ0n) is 9.64. The fraction of sp³-hybridized carbons (Fsp3) is 0.364. The Morgan fingerprint density at radius 2 is 1.88 bits per heavy atom. The minimum absolute atomic E-state index is 0.114. The van der Waals surface area contributed by atoms with E-state index in [-0.39, 0.29) is 12.2 Å². The lowest BCUT2D eigenvalue weighted by Gasteiger charge is -2.15. The lowest BCUT2D eigenvalue weighted by molar-refractivity contribution is -0.137. The van der Waals surface area contributed by atoms with Gasteiger partial charge in [-0.05, 0) is 6.07 Å². The standard InChI is InChI=1S/C11H15NO5/c1-16-9-3-6(7(12)4-11(14)15)8(13)5-10(9)17-2/h3,5,7,13H,4,12H2,1-2H3,(H,14,15). The number of carboxylic acids is 1. The maximum absolute atomic E-state index is 10.6. The topological polar surface area (TPSA) is 102 Å². The van der Waals surface area contributed by atoms with E-state index in [1.54, 1.807) is 0 Å². The van der Waals surface area contributed by atoms with Crippen LogP contribution in [-0.2, 0) is 4.79 Å². The summed E-state index contributed by atoms with van der Waals surface area (Å²) in [4.78, 5) is 10.6. The summed E-state index contributed by atoms with van der Waals surface area (Å²) in [5.41, 5.74) is 5.98. The number of benzene rings is 1. The number of rotatable bonds is 5. The van der Waals surface area contributed by atoms with Crippen molar-refractivity contribution in [2.75, 3.05) is 14.2 Å². The van der Waals surface area contributed by atoms with Crippen LogP contribution in [0, 0.1) is 0 Å². The summed E-state index contributed by atoms with van der Waals surface area (Å²) in [6.07, 6.45) is -0.275. The molecule has 1 aromatic rings. The molecule has 17 heavy (non-hydrogen) atoms. The molecule has 0 heterocycles. The Labute approximate surface area is 98.6 Å². The number of nitrogens with two attached hydrogens (primary N) is 1. The molecular formula is C11H15NO5. The van der Waals surface area contributed by atoms with Crippen LogP contribution in [0.15, 0.2) is 12.1 Å². The normalized spacial score (nSPS) is 11.9. The first kappa shape index (κ1) is 13.1. The summed E-state index contributed by atoms with van der Waals surface area (Å²) in [6.45, 7) is 0. The molecule has 0 saturated heterocycles. The van der Waals surface area contributed by atoms with E-state index in [1.165, 1.54) is 26.4 Å². The van der Waals surface area contributed by atoms with Crippen LogP contribution >= 0.6 is 0 Å². The molecular weight excluding hydrogens is 226 g/mol. The summed E-state index contributed by atoms with van der Waals surface area (Å²) in [5.74, 6) is -0.402. The lowest BCUT2D eigenvalue weighted by atomic mass is 10.0. The first-order valence-corrected chi connectivity index (χ1v) is 4.91. The first-order chi connectivity index (χ1) is 7.99. The number of carboxylic acid groups (broad SMARTS) is 1. The van der Waals surface area contributed by atoms with Gasteiger partial charge in [0.15, 0.2) is 11.5 Å². The van der Waals surface area contributed by atoms with Gasteiger partial charge in [0.1, 0.15) is 5.75 Å². The van der Waals surface area contributed by atoms with Crippen molar-refractivity contribution in [3.05, 3.63) is 17.7 Å². The monoisotopic (exact) mass is 241 g/mol. The van der Waals surface area contributed by atoms with Gasteiger partial charge in [-0.15, -0.1) is 0 Å². The third-order valence-corrected chi connectivity index (χ3v) is 2.33. The molecule has 0 aromatic heterocycles. The van der Waals surface area contributed by atoms with Crippen LogP contribution in [0.5, 0.6) is 17.2 Å². The van der Waals surface area contributed by atoms with Gasteiger partial charge in [-0.2, -0.15) is 0 Å². The van der Waals surface area contributed by atoms with E-state index in [1.807, 2.05) is 0 Å². The van der Waals surface area contributed by atoms with Crippen molar-refractivity contribution < 1.29 is 24.5 Å². The van der Waals surface area contributed by atoms with E-state index in [0.717, 1.165) is 0 Å². The third kappa shape index (κ3) is 3.01. The van der Waals surface area contributed by atoms with Crippen molar-refractivity contribution in [1.82, 2.24) is 0 Å². The molecule has 0 spiro atoms. The fourth-order valence-electron chi connectivity index (χ4n) is 1.48. The lowest BCUT2D eigenvalue weighted by Crippen LogP contribution is -2.15. The fourth-order valence-corrected chi connectivity index (χ4v) is 1.48. The van der Waals surface area contributed by atoms with Gasteiger partial charge < -0.3 is 25.4 Å². The molecule has 0 radical (unpaired) electrons. The number of phenolic OH excluding ortho intramolecular Hbond substituents is 1. The predicted octanol–water partition coefficient (Wildman–Crippen LogP) is 0.884. The molecule has 6 nitrogen and oxygen atoms in total. The zero-order valence-corrected chi connectivity index (χ0v) is 9.64. The molecule has 1 atom stereocenters. The van der Waals surface area contributed by atoms with E-state index in [9.17, 15) is 9.90 Å². The second-order valence-electron chi connectivity index (χ2n) is 3.47. The summed E-state index contributed by atoms with van der Waals surface area (Å²) in [7, 11) is 2.88. The van der Waals surface area contributed by atoms with E-state index < -0.39 is 12.0 Å². The van der Waals surface area contributed by atoms with E-state index in [4.69, 9.17) is 20.3 Å². The third-order valence-electron chi connectivity index (χ3n) is 2.33. The van der Waals surface area contributed by atoms with E-state index in [0.29, 0.717) is 17.1 Å². The van der Waals surface area contributed by atoms with Gasteiger partial charge in [-0.1, -0.05) is 0 Å². The molecule has 0 saturated carbocycles. The number of phenols is 1. The Bertz CT molecular complexity index is 419. The molecule has 1 aromatic carbocycles. The van der Waals surface area contributed by atoms with Gasteiger partial charge in [0.05, 0.1) is 20.6 Å². The molecule has 0 amide bonds. The average Bonchev–Trinajstić information content (AvgIpc) is 2.27. The second kappa shape index (κ2) is 5.40. The molecule has 0 aliphatic heterocycles. The number of carbonyl (C=O) groups is 1. The number of methoxy groups -OCH3 is 2. The SMILES string of the molecule is COc1cc(O)c(C(N)CC(=O)O)cc1OC. The number of hydrogen-bond acceptors (Lipinski definition) is 5. The summed E-state index contributed by atoms with van der Waals surface area (Å²) >= 11 is 0. The quantitative estimate of drug-likeness (QED) is 0.707. The number of aromatic hydroxyl groups is 1. The van der Waals surface area contributed by atoms with Crippen LogP contribution < -0.4 is 15.2 Å². The van der Waals surface area contributed by atoms with Crippen molar-refractivity contribution in [3.8, 4) is 17.2 Å². The second-order valence-corrected chi connectivity index (χ2v) is 3.47. The molecule has 1 rings (SSSR count). The minimum atomic E-state index is -1.04. The van der Waals surface area contributed by atoms with E-state index >= 15 is 0 Å². The van der Waals surface area contributed by atoms with Crippen molar-refractivity contribution in [2.24, 2.45) is 5.73 Å². The molecule has 94 valence electrons. The van der Waals surface area contributed by atoms with Crippen LogP contribution in [0.3, 0.4) is 0 Å². The van der Waals surface area contributed by atoms with Crippen molar-refractivity contribution >= 4 is 5.97 Å². The Balaban J connectivity index is 3.11. The van der Waals surface area contributed by atoms with Crippen molar-refractivity contribution in [3.63, 3.8) is 0 Å². The van der Waals surface area contributed by atoms with Crippen LogP contribution in [0.1, 0.15) is 18.0 Å². The van der Waals surface area contributed by atoms with Gasteiger partial charge in [0, 0.05) is 17.7 Å². The van der Waals surface area contributed by atoms with Gasteiger partial charge in [-0.25, -0.2) is 0 Å². The molecule has 0 aliphatic carbocycles. The van der Waals surface area contributed by atoms with E-state index in [2.05, 4.69) is 0 Å². The minimum Gasteiger partial charge on any atom is -0.507 e. The molecule has 4 N–H and O–H groups in total. The Morgan fingerprint density at radius 1 is 1.35 bits per heavy atom. The number of aliphatic carboxylic acids is 1. The zero-order chi connectivity index (χ0) is 13.0.